The topological polar surface area (TPSA) is 51.1 Å². The molecule has 1 amide bonds. The molecule has 0 aliphatic rings. The first-order valence-corrected chi connectivity index (χ1v) is 6.55. The van der Waals surface area contributed by atoms with Gasteiger partial charge in [0.1, 0.15) is 5.02 Å². The molecule has 1 heterocycles. The number of carbonyl (C=O) groups is 1. The largest absolute Gasteiger partial charge is 0.324 e. The van der Waals surface area contributed by atoms with Crippen LogP contribution >= 0.6 is 11.6 Å². The SMILES string of the molecule is Cc1ccccc1CC(=O)Nc1cc(Cl)c(=O)n(C)c1. The molecule has 2 aromatic rings. The maximum atomic E-state index is 12.0. The number of hydrogen-bond acceptors (Lipinski definition) is 2. The van der Waals surface area contributed by atoms with Gasteiger partial charge in [-0.3, -0.25) is 9.59 Å². The van der Waals surface area contributed by atoms with E-state index in [1.807, 2.05) is 31.2 Å². The summed E-state index contributed by atoms with van der Waals surface area (Å²) >= 11 is 5.80. The summed E-state index contributed by atoms with van der Waals surface area (Å²) in [6.45, 7) is 1.96. The van der Waals surface area contributed by atoms with Gasteiger partial charge in [-0.2, -0.15) is 0 Å². The number of rotatable bonds is 3. The van der Waals surface area contributed by atoms with Crippen molar-refractivity contribution < 1.29 is 4.79 Å². The van der Waals surface area contributed by atoms with Gasteiger partial charge in [-0.15, -0.1) is 0 Å². The van der Waals surface area contributed by atoms with Crippen LogP contribution < -0.4 is 10.9 Å². The number of aryl methyl sites for hydroxylation is 2. The summed E-state index contributed by atoms with van der Waals surface area (Å²) < 4.78 is 1.34. The summed E-state index contributed by atoms with van der Waals surface area (Å²) in [4.78, 5) is 23.5. The van der Waals surface area contributed by atoms with Crippen LogP contribution in [0.4, 0.5) is 5.69 Å². The maximum Gasteiger partial charge on any atom is 0.269 e. The highest BCUT2D eigenvalue weighted by molar-refractivity contribution is 6.30. The van der Waals surface area contributed by atoms with Crippen LogP contribution in [0.1, 0.15) is 11.1 Å². The van der Waals surface area contributed by atoms with Crippen molar-refractivity contribution in [3.05, 3.63) is 63.0 Å². The standard InChI is InChI=1S/C15H15ClN2O2/c1-10-5-3-4-6-11(10)7-14(19)17-12-8-13(16)15(20)18(2)9-12/h3-6,8-9H,7H2,1-2H3,(H,17,19). The van der Waals surface area contributed by atoms with E-state index < -0.39 is 0 Å². The molecule has 0 spiro atoms. The molecule has 0 aliphatic heterocycles. The predicted octanol–water partition coefficient (Wildman–Crippen LogP) is 2.53. The Balaban J connectivity index is 2.13. The van der Waals surface area contributed by atoms with E-state index in [2.05, 4.69) is 5.32 Å². The molecule has 1 aromatic heterocycles. The van der Waals surface area contributed by atoms with Crippen LogP contribution in [-0.2, 0) is 18.3 Å². The highest BCUT2D eigenvalue weighted by atomic mass is 35.5. The van der Waals surface area contributed by atoms with E-state index in [4.69, 9.17) is 11.6 Å². The van der Waals surface area contributed by atoms with Gasteiger partial charge >= 0.3 is 0 Å². The molecule has 0 atom stereocenters. The zero-order valence-corrected chi connectivity index (χ0v) is 12.1. The Labute approximate surface area is 122 Å². The van der Waals surface area contributed by atoms with E-state index in [-0.39, 0.29) is 22.9 Å². The number of carbonyl (C=O) groups excluding carboxylic acids is 1. The van der Waals surface area contributed by atoms with Crippen molar-refractivity contribution in [1.82, 2.24) is 4.57 Å². The van der Waals surface area contributed by atoms with Crippen molar-refractivity contribution in [2.75, 3.05) is 5.32 Å². The minimum absolute atomic E-state index is 0.0844. The molecule has 1 N–H and O–H groups in total. The third-order valence-corrected chi connectivity index (χ3v) is 3.31. The summed E-state index contributed by atoms with van der Waals surface area (Å²) in [6, 6.07) is 9.18. The van der Waals surface area contributed by atoms with Gasteiger partial charge in [0.25, 0.3) is 5.56 Å². The van der Waals surface area contributed by atoms with Crippen LogP contribution in [0, 0.1) is 6.92 Å². The lowest BCUT2D eigenvalue weighted by molar-refractivity contribution is -0.115. The second-order valence-electron chi connectivity index (χ2n) is 4.64. The highest BCUT2D eigenvalue weighted by Gasteiger charge is 2.08. The average Bonchev–Trinajstić information content (AvgIpc) is 2.38. The fourth-order valence-electron chi connectivity index (χ4n) is 1.93. The molecule has 0 aliphatic carbocycles. The number of nitrogens with zero attached hydrogens (tertiary/aromatic N) is 1. The van der Waals surface area contributed by atoms with Crippen molar-refractivity contribution >= 4 is 23.2 Å². The minimum Gasteiger partial charge on any atom is -0.324 e. The summed E-state index contributed by atoms with van der Waals surface area (Å²) in [5.41, 5.74) is 2.27. The molecule has 0 fully saturated rings. The number of amides is 1. The zero-order chi connectivity index (χ0) is 14.7. The Morgan fingerprint density at radius 3 is 2.70 bits per heavy atom. The second-order valence-corrected chi connectivity index (χ2v) is 5.05. The molecule has 5 heteroatoms. The third kappa shape index (κ3) is 3.27. The first kappa shape index (κ1) is 14.3. The zero-order valence-electron chi connectivity index (χ0n) is 11.3. The molecule has 104 valence electrons. The van der Waals surface area contributed by atoms with Gasteiger partial charge in [-0.25, -0.2) is 0 Å². The second kappa shape index (κ2) is 5.92. The van der Waals surface area contributed by atoms with Gasteiger partial charge in [0.15, 0.2) is 0 Å². The summed E-state index contributed by atoms with van der Waals surface area (Å²) in [5.74, 6) is -0.144. The smallest absolute Gasteiger partial charge is 0.269 e. The van der Waals surface area contributed by atoms with Crippen LogP contribution in [0.25, 0.3) is 0 Å². The van der Waals surface area contributed by atoms with Crippen molar-refractivity contribution in [3.8, 4) is 0 Å². The molecule has 20 heavy (non-hydrogen) atoms. The van der Waals surface area contributed by atoms with E-state index in [1.54, 1.807) is 13.2 Å². The lowest BCUT2D eigenvalue weighted by atomic mass is 10.1. The quantitative estimate of drug-likeness (QED) is 0.944. The first-order valence-electron chi connectivity index (χ1n) is 6.18. The third-order valence-electron chi connectivity index (χ3n) is 3.04. The van der Waals surface area contributed by atoms with E-state index in [1.165, 1.54) is 10.6 Å². The van der Waals surface area contributed by atoms with Crippen LogP contribution in [0.5, 0.6) is 0 Å². The summed E-state index contributed by atoms with van der Waals surface area (Å²) in [5, 5.41) is 2.83. The Kier molecular flexibility index (Phi) is 4.25. The molecular weight excluding hydrogens is 276 g/mol. The van der Waals surface area contributed by atoms with Crippen LogP contribution in [0.3, 0.4) is 0 Å². The molecule has 0 bridgehead atoms. The van der Waals surface area contributed by atoms with Crippen molar-refractivity contribution in [2.45, 2.75) is 13.3 Å². The van der Waals surface area contributed by atoms with Gasteiger partial charge in [0, 0.05) is 13.2 Å². The molecule has 0 saturated carbocycles. The Bertz CT molecular complexity index is 681. The fraction of sp³-hybridized carbons (Fsp3) is 0.200. The molecule has 0 saturated heterocycles. The lowest BCUT2D eigenvalue weighted by Gasteiger charge is -2.09. The van der Waals surface area contributed by atoms with Gasteiger partial charge in [-0.05, 0) is 24.1 Å². The highest BCUT2D eigenvalue weighted by Crippen LogP contribution is 2.12. The monoisotopic (exact) mass is 290 g/mol. The molecule has 4 nitrogen and oxygen atoms in total. The van der Waals surface area contributed by atoms with E-state index in [0.29, 0.717) is 5.69 Å². The molecule has 0 unspecified atom stereocenters. The normalized spacial score (nSPS) is 10.3. The number of hydrogen-bond donors (Lipinski definition) is 1. The minimum atomic E-state index is -0.288. The number of benzene rings is 1. The fourth-order valence-corrected chi connectivity index (χ4v) is 2.18. The summed E-state index contributed by atoms with van der Waals surface area (Å²) in [6.07, 6.45) is 1.83. The van der Waals surface area contributed by atoms with Crippen LogP contribution in [0.15, 0.2) is 41.3 Å². The number of aromatic nitrogens is 1. The Hall–Kier alpha value is -2.07. The number of nitrogens with one attached hydrogen (secondary N) is 1. The van der Waals surface area contributed by atoms with E-state index in [0.717, 1.165) is 11.1 Å². The van der Waals surface area contributed by atoms with Gasteiger partial charge in [-0.1, -0.05) is 35.9 Å². The van der Waals surface area contributed by atoms with Crippen LogP contribution in [0.2, 0.25) is 5.02 Å². The lowest BCUT2D eigenvalue weighted by Crippen LogP contribution is -2.20. The van der Waals surface area contributed by atoms with Crippen molar-refractivity contribution in [3.63, 3.8) is 0 Å². The summed E-state index contributed by atoms with van der Waals surface area (Å²) in [7, 11) is 1.59. The van der Waals surface area contributed by atoms with Gasteiger partial charge in [0.2, 0.25) is 5.91 Å². The van der Waals surface area contributed by atoms with Crippen molar-refractivity contribution in [2.24, 2.45) is 7.05 Å². The Morgan fingerprint density at radius 1 is 1.35 bits per heavy atom. The molecular formula is C15H15ClN2O2. The van der Waals surface area contributed by atoms with E-state index >= 15 is 0 Å². The van der Waals surface area contributed by atoms with E-state index in [9.17, 15) is 9.59 Å². The predicted molar refractivity (Wildman–Crippen MR) is 80.2 cm³/mol. The number of pyridine rings is 1. The molecule has 2 rings (SSSR count). The molecule has 1 aromatic carbocycles. The first-order chi connectivity index (χ1) is 9.47. The average molecular weight is 291 g/mol. The maximum absolute atomic E-state index is 12.0. The van der Waals surface area contributed by atoms with Crippen molar-refractivity contribution in [1.29, 1.82) is 0 Å². The number of anilines is 1. The number of halogens is 1. The Morgan fingerprint density at radius 2 is 2.05 bits per heavy atom. The molecule has 0 radical (unpaired) electrons. The van der Waals surface area contributed by atoms with Gasteiger partial charge in [0.05, 0.1) is 12.1 Å². The van der Waals surface area contributed by atoms with Gasteiger partial charge < -0.3 is 9.88 Å². The van der Waals surface area contributed by atoms with Crippen LogP contribution in [-0.4, -0.2) is 10.5 Å².